The molecule has 2 rings (SSSR count). The first kappa shape index (κ1) is 12.9. The van der Waals surface area contributed by atoms with Crippen molar-refractivity contribution in [1.82, 2.24) is 0 Å². The molecule has 4 nitrogen and oxygen atoms in total. The lowest BCUT2D eigenvalue weighted by Crippen LogP contribution is -2.20. The molecular weight excluding hydrogens is 247 g/mol. The van der Waals surface area contributed by atoms with Crippen molar-refractivity contribution in [3.05, 3.63) is 53.8 Å². The second-order valence-corrected chi connectivity index (χ2v) is 4.01. The van der Waals surface area contributed by atoms with E-state index in [4.69, 9.17) is 0 Å². The number of phenols is 1. The van der Waals surface area contributed by atoms with Crippen LogP contribution in [0.25, 0.3) is 0 Å². The fourth-order valence-corrected chi connectivity index (χ4v) is 1.60. The van der Waals surface area contributed by atoms with Crippen molar-refractivity contribution in [2.24, 2.45) is 0 Å². The van der Waals surface area contributed by atoms with E-state index in [9.17, 15) is 14.3 Å². The van der Waals surface area contributed by atoms with Crippen molar-refractivity contribution in [3.8, 4) is 5.75 Å². The van der Waals surface area contributed by atoms with Crippen LogP contribution in [-0.2, 0) is 0 Å². The predicted octanol–water partition coefficient (Wildman–Crippen LogP) is 3.48. The molecule has 0 atom stereocenters. The van der Waals surface area contributed by atoms with E-state index < -0.39 is 11.8 Å². The van der Waals surface area contributed by atoms with Crippen LogP contribution >= 0.6 is 0 Å². The Morgan fingerprint density at radius 2 is 1.68 bits per heavy atom. The number of hydrogen-bond acceptors (Lipinski definition) is 2. The van der Waals surface area contributed by atoms with Crippen molar-refractivity contribution < 1.29 is 14.3 Å². The van der Waals surface area contributed by atoms with Crippen molar-refractivity contribution >= 4 is 17.4 Å². The molecule has 2 aromatic rings. The van der Waals surface area contributed by atoms with Gasteiger partial charge in [-0.05, 0) is 31.2 Å². The zero-order valence-corrected chi connectivity index (χ0v) is 10.3. The number of aromatic hydroxyl groups is 1. The van der Waals surface area contributed by atoms with Gasteiger partial charge in [0.1, 0.15) is 11.6 Å². The SMILES string of the molecule is Cc1c(O)cccc1NC(=O)Nc1ccccc1F. The van der Waals surface area contributed by atoms with E-state index >= 15 is 0 Å². The second kappa shape index (κ2) is 5.39. The number of para-hydroxylation sites is 1. The van der Waals surface area contributed by atoms with Crippen molar-refractivity contribution in [2.45, 2.75) is 6.92 Å². The lowest BCUT2D eigenvalue weighted by Gasteiger charge is -2.11. The smallest absolute Gasteiger partial charge is 0.323 e. The Morgan fingerprint density at radius 3 is 2.42 bits per heavy atom. The van der Waals surface area contributed by atoms with Crippen molar-refractivity contribution in [3.63, 3.8) is 0 Å². The summed E-state index contributed by atoms with van der Waals surface area (Å²) in [7, 11) is 0. The Kier molecular flexibility index (Phi) is 3.66. The van der Waals surface area contributed by atoms with Gasteiger partial charge in [0.2, 0.25) is 0 Å². The highest BCUT2D eigenvalue weighted by molar-refractivity contribution is 6.00. The van der Waals surface area contributed by atoms with Crippen LogP contribution in [0, 0.1) is 12.7 Å². The van der Waals surface area contributed by atoms with E-state index in [0.717, 1.165) is 0 Å². The van der Waals surface area contributed by atoms with E-state index in [1.165, 1.54) is 24.3 Å². The second-order valence-electron chi connectivity index (χ2n) is 4.01. The Morgan fingerprint density at radius 1 is 1.05 bits per heavy atom. The highest BCUT2D eigenvalue weighted by Gasteiger charge is 2.08. The number of anilines is 2. The average Bonchev–Trinajstić information content (AvgIpc) is 2.38. The third-order valence-electron chi connectivity index (χ3n) is 2.68. The first-order valence-corrected chi connectivity index (χ1v) is 5.69. The molecule has 2 amide bonds. The van der Waals surface area contributed by atoms with Crippen LogP contribution in [0.3, 0.4) is 0 Å². The highest BCUT2D eigenvalue weighted by Crippen LogP contribution is 2.24. The molecule has 0 bridgehead atoms. The van der Waals surface area contributed by atoms with Gasteiger partial charge in [-0.15, -0.1) is 0 Å². The van der Waals surface area contributed by atoms with Crippen molar-refractivity contribution in [2.75, 3.05) is 10.6 Å². The molecular formula is C14H13FN2O2. The Labute approximate surface area is 109 Å². The molecule has 3 N–H and O–H groups in total. The molecule has 0 saturated carbocycles. The molecule has 5 heteroatoms. The van der Waals surface area contributed by atoms with E-state index in [1.54, 1.807) is 25.1 Å². The standard InChI is InChI=1S/C14H13FN2O2/c1-9-11(7-4-8-13(9)18)16-14(19)17-12-6-3-2-5-10(12)15/h2-8,18H,1H3,(H2,16,17,19). The summed E-state index contributed by atoms with van der Waals surface area (Å²) in [4.78, 5) is 11.7. The zero-order valence-electron chi connectivity index (χ0n) is 10.3. The minimum atomic E-state index is -0.571. The number of halogens is 1. The van der Waals surface area contributed by atoms with E-state index in [1.807, 2.05) is 0 Å². The molecule has 0 aromatic heterocycles. The molecule has 2 aromatic carbocycles. The largest absolute Gasteiger partial charge is 0.508 e. The number of carbonyl (C=O) groups excluding carboxylic acids is 1. The molecule has 0 saturated heterocycles. The number of rotatable bonds is 2. The van der Waals surface area contributed by atoms with Gasteiger partial charge in [0.15, 0.2) is 0 Å². The van der Waals surface area contributed by atoms with E-state index in [0.29, 0.717) is 11.3 Å². The molecule has 0 aliphatic rings. The van der Waals surface area contributed by atoms with E-state index in [-0.39, 0.29) is 11.4 Å². The summed E-state index contributed by atoms with van der Waals surface area (Å²) in [6.45, 7) is 1.67. The third-order valence-corrected chi connectivity index (χ3v) is 2.68. The number of benzene rings is 2. The summed E-state index contributed by atoms with van der Waals surface area (Å²) >= 11 is 0. The molecule has 98 valence electrons. The van der Waals surface area contributed by atoms with Gasteiger partial charge in [0.25, 0.3) is 0 Å². The Hall–Kier alpha value is -2.56. The predicted molar refractivity (Wildman–Crippen MR) is 71.9 cm³/mol. The highest BCUT2D eigenvalue weighted by atomic mass is 19.1. The molecule has 0 fully saturated rings. The van der Waals surface area contributed by atoms with Crippen LogP contribution in [-0.4, -0.2) is 11.1 Å². The van der Waals surface area contributed by atoms with Gasteiger partial charge >= 0.3 is 6.03 Å². The topological polar surface area (TPSA) is 61.4 Å². The first-order valence-electron chi connectivity index (χ1n) is 5.69. The molecule has 19 heavy (non-hydrogen) atoms. The van der Waals surface area contributed by atoms with Crippen molar-refractivity contribution in [1.29, 1.82) is 0 Å². The van der Waals surface area contributed by atoms with Crippen LogP contribution in [0.2, 0.25) is 0 Å². The molecule has 0 aliphatic carbocycles. The normalized spacial score (nSPS) is 10.0. The molecule has 0 unspecified atom stereocenters. The summed E-state index contributed by atoms with van der Waals surface area (Å²) in [6.07, 6.45) is 0. The Bertz CT molecular complexity index is 614. The van der Waals surface area contributed by atoms with Gasteiger partial charge in [0.05, 0.1) is 5.69 Å². The molecule has 0 radical (unpaired) electrons. The lowest BCUT2D eigenvalue weighted by molar-refractivity contribution is 0.262. The minimum absolute atomic E-state index is 0.0868. The Balaban J connectivity index is 2.10. The van der Waals surface area contributed by atoms with Crippen LogP contribution in [0.1, 0.15) is 5.56 Å². The van der Waals surface area contributed by atoms with Gasteiger partial charge < -0.3 is 15.7 Å². The maximum atomic E-state index is 13.3. The molecule has 0 aliphatic heterocycles. The van der Waals surface area contributed by atoms with Gasteiger partial charge in [-0.1, -0.05) is 18.2 Å². The maximum Gasteiger partial charge on any atom is 0.323 e. The maximum absolute atomic E-state index is 13.3. The number of hydrogen-bond donors (Lipinski definition) is 3. The monoisotopic (exact) mass is 260 g/mol. The fraction of sp³-hybridized carbons (Fsp3) is 0.0714. The van der Waals surface area contributed by atoms with Gasteiger partial charge in [-0.2, -0.15) is 0 Å². The summed E-state index contributed by atoms with van der Waals surface area (Å²) in [5.74, 6) is -0.422. The van der Waals surface area contributed by atoms with Gasteiger partial charge in [-0.3, -0.25) is 0 Å². The van der Waals surface area contributed by atoms with Crippen LogP contribution in [0.4, 0.5) is 20.6 Å². The summed E-state index contributed by atoms with van der Waals surface area (Å²) in [5.41, 5.74) is 1.11. The van der Waals surface area contributed by atoms with Gasteiger partial charge in [0, 0.05) is 11.3 Å². The third kappa shape index (κ3) is 3.01. The number of urea groups is 1. The summed E-state index contributed by atoms with van der Waals surface area (Å²) in [6, 6.07) is 10.1. The van der Waals surface area contributed by atoms with E-state index in [2.05, 4.69) is 10.6 Å². The number of amides is 2. The fourth-order valence-electron chi connectivity index (χ4n) is 1.60. The number of nitrogens with one attached hydrogen (secondary N) is 2. The number of phenolic OH excluding ortho intramolecular Hbond substituents is 1. The molecule has 0 heterocycles. The lowest BCUT2D eigenvalue weighted by atomic mass is 10.2. The minimum Gasteiger partial charge on any atom is -0.508 e. The molecule has 0 spiro atoms. The zero-order chi connectivity index (χ0) is 13.8. The summed E-state index contributed by atoms with van der Waals surface area (Å²) < 4.78 is 13.3. The van der Waals surface area contributed by atoms with Gasteiger partial charge in [-0.25, -0.2) is 9.18 Å². The van der Waals surface area contributed by atoms with Crippen LogP contribution < -0.4 is 10.6 Å². The average molecular weight is 260 g/mol. The summed E-state index contributed by atoms with van der Waals surface area (Å²) in [5, 5.41) is 14.5. The van der Waals surface area contributed by atoms with Crippen LogP contribution in [0.5, 0.6) is 5.75 Å². The first-order chi connectivity index (χ1) is 9.08. The quantitative estimate of drug-likeness (QED) is 0.774. The number of carbonyl (C=O) groups is 1. The van der Waals surface area contributed by atoms with Crippen LogP contribution in [0.15, 0.2) is 42.5 Å².